The maximum atomic E-state index is 12.6. The van der Waals surface area contributed by atoms with E-state index < -0.39 is 6.43 Å². The molecule has 0 bridgehead atoms. The molecule has 0 spiro atoms. The van der Waals surface area contributed by atoms with Crippen LogP contribution in [0.25, 0.3) is 10.9 Å². The number of hydrogen-bond donors (Lipinski definition) is 1. The number of nitrogens with one attached hydrogen (secondary N) is 1. The Hall–Kier alpha value is -3.53. The SMILES string of the molecule is COc1cc2c(Oc3cccc(NC=O)c3)ncnc2cc1O[C@H]1CCN(CC(F)F)C1. The van der Waals surface area contributed by atoms with Crippen molar-refractivity contribution < 1.29 is 27.8 Å². The van der Waals surface area contributed by atoms with Gasteiger partial charge < -0.3 is 19.5 Å². The van der Waals surface area contributed by atoms with Crippen molar-refractivity contribution in [2.45, 2.75) is 19.0 Å². The van der Waals surface area contributed by atoms with Crippen LogP contribution in [0.2, 0.25) is 0 Å². The molecule has 4 rings (SSSR count). The number of nitrogens with zero attached hydrogens (tertiary/aromatic N) is 3. The van der Waals surface area contributed by atoms with Gasteiger partial charge in [0.25, 0.3) is 6.43 Å². The molecule has 1 atom stereocenters. The van der Waals surface area contributed by atoms with Crippen LogP contribution in [0, 0.1) is 0 Å². The fraction of sp³-hybridized carbons (Fsp3) is 0.318. The third-order valence-electron chi connectivity index (χ3n) is 5.08. The summed E-state index contributed by atoms with van der Waals surface area (Å²) >= 11 is 0. The summed E-state index contributed by atoms with van der Waals surface area (Å²) in [6, 6.07) is 10.3. The van der Waals surface area contributed by atoms with Crippen LogP contribution >= 0.6 is 0 Å². The highest BCUT2D eigenvalue weighted by atomic mass is 19.3. The fourth-order valence-electron chi connectivity index (χ4n) is 3.64. The van der Waals surface area contributed by atoms with Gasteiger partial charge in [-0.2, -0.15) is 0 Å². The zero-order valence-corrected chi connectivity index (χ0v) is 17.3. The first-order valence-corrected chi connectivity index (χ1v) is 10.0. The van der Waals surface area contributed by atoms with Crippen molar-refractivity contribution in [3.8, 4) is 23.1 Å². The summed E-state index contributed by atoms with van der Waals surface area (Å²) in [4.78, 5) is 20.9. The highest BCUT2D eigenvalue weighted by Gasteiger charge is 2.27. The Morgan fingerprint density at radius 2 is 2.12 bits per heavy atom. The number of methoxy groups -OCH3 is 1. The average Bonchev–Trinajstić information content (AvgIpc) is 3.20. The molecule has 2 heterocycles. The minimum atomic E-state index is -2.37. The van der Waals surface area contributed by atoms with Crippen LogP contribution in [0.1, 0.15) is 6.42 Å². The van der Waals surface area contributed by atoms with Gasteiger partial charge in [0.1, 0.15) is 18.2 Å². The summed E-state index contributed by atoms with van der Waals surface area (Å²) in [6.07, 6.45) is 0.0288. The number of benzene rings is 2. The van der Waals surface area contributed by atoms with Gasteiger partial charge in [-0.05, 0) is 24.6 Å². The van der Waals surface area contributed by atoms with E-state index in [1.807, 2.05) is 0 Å². The minimum Gasteiger partial charge on any atom is -0.493 e. The number of hydrogen-bond acceptors (Lipinski definition) is 7. The number of likely N-dealkylation sites (tertiary alicyclic amines) is 1. The van der Waals surface area contributed by atoms with E-state index in [1.54, 1.807) is 41.3 Å². The van der Waals surface area contributed by atoms with Gasteiger partial charge in [0.2, 0.25) is 12.3 Å². The molecule has 1 fully saturated rings. The monoisotopic (exact) mass is 444 g/mol. The normalized spacial score (nSPS) is 16.3. The molecule has 1 saturated heterocycles. The van der Waals surface area contributed by atoms with Crippen LogP contribution < -0.4 is 19.5 Å². The number of halogens is 2. The Labute approximate surface area is 183 Å². The molecule has 32 heavy (non-hydrogen) atoms. The predicted octanol–water partition coefficient (Wildman–Crippen LogP) is 3.72. The Balaban J connectivity index is 1.57. The number of anilines is 1. The van der Waals surface area contributed by atoms with Gasteiger partial charge in [0.15, 0.2) is 11.5 Å². The van der Waals surface area contributed by atoms with E-state index in [4.69, 9.17) is 14.2 Å². The second kappa shape index (κ2) is 9.73. The number of alkyl halides is 2. The smallest absolute Gasteiger partial charge is 0.251 e. The zero-order chi connectivity index (χ0) is 22.5. The highest BCUT2D eigenvalue weighted by Crippen LogP contribution is 2.37. The Kier molecular flexibility index (Phi) is 6.60. The van der Waals surface area contributed by atoms with E-state index in [0.29, 0.717) is 65.6 Å². The first-order valence-electron chi connectivity index (χ1n) is 10.0. The average molecular weight is 444 g/mol. The summed E-state index contributed by atoms with van der Waals surface area (Å²) in [6.45, 7) is 0.726. The minimum absolute atomic E-state index is 0.217. The molecule has 1 aliphatic heterocycles. The van der Waals surface area contributed by atoms with Gasteiger partial charge >= 0.3 is 0 Å². The largest absolute Gasteiger partial charge is 0.493 e. The third kappa shape index (κ3) is 5.02. The van der Waals surface area contributed by atoms with E-state index in [2.05, 4.69) is 15.3 Å². The lowest BCUT2D eigenvalue weighted by Crippen LogP contribution is -2.29. The summed E-state index contributed by atoms with van der Waals surface area (Å²) in [5.74, 6) is 1.74. The van der Waals surface area contributed by atoms with Crippen molar-refractivity contribution in [1.29, 1.82) is 0 Å². The molecule has 0 aliphatic carbocycles. The number of fused-ring (bicyclic) bond motifs is 1. The highest BCUT2D eigenvalue weighted by molar-refractivity contribution is 5.87. The number of carbonyl (C=O) groups excluding carboxylic acids is 1. The van der Waals surface area contributed by atoms with Crippen molar-refractivity contribution >= 4 is 23.0 Å². The molecule has 1 amide bonds. The van der Waals surface area contributed by atoms with Gasteiger partial charge in [0.05, 0.1) is 24.6 Å². The van der Waals surface area contributed by atoms with Crippen LogP contribution in [0.3, 0.4) is 0 Å². The lowest BCUT2D eigenvalue weighted by Gasteiger charge is -2.18. The summed E-state index contributed by atoms with van der Waals surface area (Å²) < 4.78 is 42.8. The number of aromatic nitrogens is 2. The second-order valence-corrected chi connectivity index (χ2v) is 7.27. The van der Waals surface area contributed by atoms with Crippen LogP contribution in [-0.4, -0.2) is 60.6 Å². The van der Waals surface area contributed by atoms with E-state index >= 15 is 0 Å². The molecule has 2 aromatic carbocycles. The lowest BCUT2D eigenvalue weighted by molar-refractivity contribution is -0.105. The van der Waals surface area contributed by atoms with Gasteiger partial charge in [-0.15, -0.1) is 0 Å². The van der Waals surface area contributed by atoms with Crippen molar-refractivity contribution in [2.24, 2.45) is 0 Å². The Morgan fingerprint density at radius 1 is 1.25 bits per heavy atom. The molecule has 1 N–H and O–H groups in total. The zero-order valence-electron chi connectivity index (χ0n) is 17.3. The van der Waals surface area contributed by atoms with Crippen molar-refractivity contribution in [2.75, 3.05) is 32.1 Å². The van der Waals surface area contributed by atoms with Crippen LogP contribution in [-0.2, 0) is 4.79 Å². The van der Waals surface area contributed by atoms with Gasteiger partial charge in [-0.1, -0.05) is 6.07 Å². The molecule has 1 aromatic heterocycles. The molecule has 168 valence electrons. The first-order chi connectivity index (χ1) is 15.6. The van der Waals surface area contributed by atoms with Crippen molar-refractivity contribution in [1.82, 2.24) is 14.9 Å². The molecular formula is C22H22F2N4O4. The van der Waals surface area contributed by atoms with Crippen LogP contribution in [0.4, 0.5) is 14.5 Å². The number of rotatable bonds is 9. The molecule has 8 nitrogen and oxygen atoms in total. The van der Waals surface area contributed by atoms with Crippen LogP contribution in [0.5, 0.6) is 23.1 Å². The number of ether oxygens (including phenoxy) is 3. The summed E-state index contributed by atoms with van der Waals surface area (Å²) in [5.41, 5.74) is 1.16. The van der Waals surface area contributed by atoms with Gasteiger partial charge in [0, 0.05) is 30.9 Å². The second-order valence-electron chi connectivity index (χ2n) is 7.27. The van der Waals surface area contributed by atoms with E-state index in [9.17, 15) is 13.6 Å². The molecule has 0 saturated carbocycles. The molecular weight excluding hydrogens is 422 g/mol. The first kappa shape index (κ1) is 21.7. The standard InChI is InChI=1S/C22H22F2N4O4/c1-30-19-8-17-18(9-20(19)31-16-5-6-28(10-16)11-21(23)24)25-12-26-22(17)32-15-4-2-3-14(7-15)27-13-29/h2-4,7-9,12-13,16,21H,5-6,10-11H2,1H3,(H,27,29)/t16-/m0/s1. The van der Waals surface area contributed by atoms with Gasteiger partial charge in [-0.25, -0.2) is 18.7 Å². The molecule has 10 heteroatoms. The Morgan fingerprint density at radius 3 is 2.91 bits per heavy atom. The van der Waals surface area contributed by atoms with E-state index in [0.717, 1.165) is 0 Å². The van der Waals surface area contributed by atoms with Crippen molar-refractivity contribution in [3.05, 3.63) is 42.7 Å². The maximum absolute atomic E-state index is 12.6. The molecule has 1 aliphatic rings. The van der Waals surface area contributed by atoms with Crippen LogP contribution in [0.15, 0.2) is 42.7 Å². The quantitative estimate of drug-likeness (QED) is 0.504. The van der Waals surface area contributed by atoms with E-state index in [-0.39, 0.29) is 12.6 Å². The number of carbonyl (C=O) groups is 1. The topological polar surface area (TPSA) is 85.8 Å². The summed E-state index contributed by atoms with van der Waals surface area (Å²) in [7, 11) is 1.52. The van der Waals surface area contributed by atoms with Gasteiger partial charge in [-0.3, -0.25) is 9.69 Å². The maximum Gasteiger partial charge on any atom is 0.251 e. The molecule has 0 radical (unpaired) electrons. The summed E-state index contributed by atoms with van der Waals surface area (Å²) in [5, 5.41) is 3.18. The fourth-order valence-corrected chi connectivity index (χ4v) is 3.64. The third-order valence-corrected chi connectivity index (χ3v) is 5.08. The van der Waals surface area contributed by atoms with Crippen molar-refractivity contribution in [3.63, 3.8) is 0 Å². The number of amides is 1. The molecule has 0 unspecified atom stereocenters. The lowest BCUT2D eigenvalue weighted by atomic mass is 10.2. The van der Waals surface area contributed by atoms with E-state index in [1.165, 1.54) is 13.4 Å². The Bertz CT molecular complexity index is 1100. The predicted molar refractivity (Wildman–Crippen MR) is 114 cm³/mol. The molecule has 3 aromatic rings.